The lowest BCUT2D eigenvalue weighted by Crippen LogP contribution is -2.46. The molecule has 150 valence electrons. The number of piperazine rings is 1. The lowest BCUT2D eigenvalue weighted by atomic mass is 10.0. The van der Waals surface area contributed by atoms with Gasteiger partial charge in [-0.3, -0.25) is 9.88 Å². The second kappa shape index (κ2) is 8.11. The highest BCUT2D eigenvalue weighted by molar-refractivity contribution is 5.96. The third-order valence-electron chi connectivity index (χ3n) is 5.05. The summed E-state index contributed by atoms with van der Waals surface area (Å²) in [5.74, 6) is 0.755. The van der Waals surface area contributed by atoms with Gasteiger partial charge in [-0.2, -0.15) is 10.2 Å². The predicted octanol–water partition coefficient (Wildman–Crippen LogP) is 2.41. The highest BCUT2D eigenvalue weighted by atomic mass is 19.1. The molecule has 1 aromatic carbocycles. The third-order valence-corrected chi connectivity index (χ3v) is 5.05. The van der Waals surface area contributed by atoms with Crippen molar-refractivity contribution in [1.29, 1.82) is 5.26 Å². The molecular weight excluding hydrogens is 375 g/mol. The van der Waals surface area contributed by atoms with E-state index in [1.807, 2.05) is 6.92 Å². The van der Waals surface area contributed by atoms with E-state index in [1.54, 1.807) is 13.3 Å². The molecule has 0 radical (unpaired) electrons. The van der Waals surface area contributed by atoms with Gasteiger partial charge in [0.1, 0.15) is 18.5 Å². The highest BCUT2D eigenvalue weighted by Crippen LogP contribution is 2.32. The molecule has 2 aromatic heterocycles. The topological polar surface area (TPSA) is 91.3 Å². The minimum Gasteiger partial charge on any atom is -0.377 e. The smallest absolute Gasteiger partial charge is 0.240 e. The Hall–Kier alpha value is -3.09. The molecule has 8 nitrogen and oxygen atoms in total. The van der Waals surface area contributed by atoms with Gasteiger partial charge >= 0.3 is 0 Å². The van der Waals surface area contributed by atoms with Gasteiger partial charge in [0, 0.05) is 44.9 Å². The Morgan fingerprint density at radius 3 is 2.79 bits per heavy atom. The molecule has 9 heteroatoms. The maximum atomic E-state index is 14.1. The van der Waals surface area contributed by atoms with E-state index in [1.165, 1.54) is 12.1 Å². The summed E-state index contributed by atoms with van der Waals surface area (Å²) in [6.45, 7) is 5.61. The van der Waals surface area contributed by atoms with Gasteiger partial charge in [-0.15, -0.1) is 0 Å². The number of anilines is 1. The molecule has 0 aliphatic carbocycles. The first-order chi connectivity index (χ1) is 14.1. The Bertz CT molecular complexity index is 1070. The average molecular weight is 396 g/mol. The van der Waals surface area contributed by atoms with Crippen LogP contribution in [0, 0.1) is 24.1 Å². The average Bonchev–Trinajstić information content (AvgIpc) is 3.15. The largest absolute Gasteiger partial charge is 0.377 e. The number of nitriles is 1. The summed E-state index contributed by atoms with van der Waals surface area (Å²) in [5.41, 5.74) is 2.68. The molecule has 0 atom stereocenters. The van der Waals surface area contributed by atoms with Crippen molar-refractivity contribution in [2.24, 2.45) is 0 Å². The summed E-state index contributed by atoms with van der Waals surface area (Å²) >= 11 is 0. The Morgan fingerprint density at radius 2 is 2.07 bits per heavy atom. The molecule has 1 aliphatic heterocycles. The van der Waals surface area contributed by atoms with E-state index in [4.69, 9.17) is 9.26 Å². The number of rotatable bonds is 5. The molecular formula is C20H21FN6O2. The number of aromatic nitrogens is 3. The summed E-state index contributed by atoms with van der Waals surface area (Å²) in [7, 11) is 1.58. The van der Waals surface area contributed by atoms with Gasteiger partial charge in [0.2, 0.25) is 5.89 Å². The van der Waals surface area contributed by atoms with E-state index in [2.05, 4.69) is 31.0 Å². The normalized spacial score (nSPS) is 15.0. The van der Waals surface area contributed by atoms with E-state index in [0.717, 1.165) is 29.9 Å². The van der Waals surface area contributed by atoms with Crippen molar-refractivity contribution in [2.45, 2.75) is 20.1 Å². The van der Waals surface area contributed by atoms with Crippen molar-refractivity contribution in [3.8, 4) is 6.07 Å². The monoisotopic (exact) mass is 396 g/mol. The fraction of sp³-hybridized carbons (Fsp3) is 0.400. The minimum atomic E-state index is -0.324. The van der Waals surface area contributed by atoms with Crippen LogP contribution in [-0.4, -0.2) is 53.3 Å². The van der Waals surface area contributed by atoms with Crippen LogP contribution in [0.1, 0.15) is 22.8 Å². The van der Waals surface area contributed by atoms with Crippen molar-refractivity contribution in [1.82, 2.24) is 20.0 Å². The van der Waals surface area contributed by atoms with Crippen LogP contribution in [0.25, 0.3) is 10.9 Å². The number of fused-ring (bicyclic) bond motifs is 1. The molecule has 0 unspecified atom stereocenters. The second-order valence-corrected chi connectivity index (χ2v) is 7.05. The Balaban J connectivity index is 1.53. The number of halogens is 1. The zero-order valence-electron chi connectivity index (χ0n) is 16.4. The van der Waals surface area contributed by atoms with Crippen molar-refractivity contribution in [3.63, 3.8) is 0 Å². The first-order valence-electron chi connectivity index (χ1n) is 9.35. The third kappa shape index (κ3) is 3.90. The quantitative estimate of drug-likeness (QED) is 0.649. The number of ether oxygens (including phenoxy) is 1. The number of aryl methyl sites for hydroxylation is 1. The van der Waals surface area contributed by atoms with Crippen LogP contribution in [0.5, 0.6) is 0 Å². The number of nitrogens with zero attached hydrogens (tertiary/aromatic N) is 6. The SMILES string of the molecule is COCc1noc(CN2CCN(c3c(C#N)cnc4c(C)cc(F)cc34)CC2)n1. The summed E-state index contributed by atoms with van der Waals surface area (Å²) in [6, 6.07) is 5.13. The van der Waals surface area contributed by atoms with Gasteiger partial charge in [0.25, 0.3) is 0 Å². The summed E-state index contributed by atoms with van der Waals surface area (Å²) in [6.07, 6.45) is 1.57. The molecule has 1 saturated heterocycles. The van der Waals surface area contributed by atoms with Gasteiger partial charge < -0.3 is 14.2 Å². The van der Waals surface area contributed by atoms with Gasteiger partial charge in [0.15, 0.2) is 5.82 Å². The first-order valence-corrected chi connectivity index (χ1v) is 9.35. The van der Waals surface area contributed by atoms with E-state index >= 15 is 0 Å². The maximum absolute atomic E-state index is 14.1. The van der Waals surface area contributed by atoms with E-state index < -0.39 is 0 Å². The minimum absolute atomic E-state index is 0.319. The second-order valence-electron chi connectivity index (χ2n) is 7.05. The van der Waals surface area contributed by atoms with Crippen LogP contribution in [0.4, 0.5) is 10.1 Å². The summed E-state index contributed by atoms with van der Waals surface area (Å²) in [4.78, 5) is 13.0. The van der Waals surface area contributed by atoms with Crippen LogP contribution in [0.2, 0.25) is 0 Å². The number of hydrogen-bond donors (Lipinski definition) is 0. The van der Waals surface area contributed by atoms with Crippen LogP contribution >= 0.6 is 0 Å². The fourth-order valence-electron chi connectivity index (χ4n) is 3.71. The van der Waals surface area contributed by atoms with Crippen molar-refractivity contribution >= 4 is 16.6 Å². The molecule has 3 heterocycles. The van der Waals surface area contributed by atoms with Crippen molar-refractivity contribution < 1.29 is 13.7 Å². The van der Waals surface area contributed by atoms with Gasteiger partial charge in [-0.05, 0) is 24.6 Å². The molecule has 1 fully saturated rings. The number of hydrogen-bond acceptors (Lipinski definition) is 8. The Morgan fingerprint density at radius 1 is 1.28 bits per heavy atom. The standard InChI is InChI=1S/C20H21FN6O2/c1-13-7-15(21)8-16-19(13)23-10-14(9-22)20(16)27-5-3-26(4-6-27)11-18-24-17(12-28-2)25-29-18/h7-8,10H,3-6,11-12H2,1-2H3. The van der Waals surface area contributed by atoms with Crippen LogP contribution in [-0.2, 0) is 17.9 Å². The fourth-order valence-corrected chi connectivity index (χ4v) is 3.71. The van der Waals surface area contributed by atoms with E-state index in [0.29, 0.717) is 48.9 Å². The first kappa shape index (κ1) is 19.2. The molecule has 0 N–H and O–H groups in total. The highest BCUT2D eigenvalue weighted by Gasteiger charge is 2.23. The zero-order chi connectivity index (χ0) is 20.4. The van der Waals surface area contributed by atoms with Gasteiger partial charge in [0.05, 0.1) is 23.3 Å². The van der Waals surface area contributed by atoms with E-state index in [-0.39, 0.29) is 5.82 Å². The van der Waals surface area contributed by atoms with Crippen molar-refractivity contribution in [3.05, 3.63) is 47.0 Å². The van der Waals surface area contributed by atoms with Crippen LogP contribution in [0.3, 0.4) is 0 Å². The predicted molar refractivity (Wildman–Crippen MR) is 104 cm³/mol. The summed E-state index contributed by atoms with van der Waals surface area (Å²) in [5, 5.41) is 14.1. The molecule has 0 amide bonds. The lowest BCUT2D eigenvalue weighted by molar-refractivity contribution is 0.174. The number of methoxy groups -OCH3 is 1. The zero-order valence-corrected chi connectivity index (χ0v) is 16.4. The maximum Gasteiger partial charge on any atom is 0.240 e. The van der Waals surface area contributed by atoms with Gasteiger partial charge in [-0.1, -0.05) is 5.16 Å². The molecule has 0 spiro atoms. The van der Waals surface area contributed by atoms with E-state index in [9.17, 15) is 9.65 Å². The molecule has 0 bridgehead atoms. The van der Waals surface area contributed by atoms with Crippen LogP contribution in [0.15, 0.2) is 22.9 Å². The Kier molecular flexibility index (Phi) is 5.38. The van der Waals surface area contributed by atoms with Crippen LogP contribution < -0.4 is 4.90 Å². The number of pyridine rings is 1. The van der Waals surface area contributed by atoms with Gasteiger partial charge in [-0.25, -0.2) is 4.39 Å². The number of benzene rings is 1. The lowest BCUT2D eigenvalue weighted by Gasteiger charge is -2.36. The molecule has 1 aliphatic rings. The Labute approximate surface area is 167 Å². The van der Waals surface area contributed by atoms with Crippen molar-refractivity contribution in [2.75, 3.05) is 38.2 Å². The molecule has 29 heavy (non-hydrogen) atoms. The molecule has 0 saturated carbocycles. The molecule has 4 rings (SSSR count). The molecule has 3 aromatic rings. The summed E-state index contributed by atoms with van der Waals surface area (Å²) < 4.78 is 24.3.